The minimum absolute atomic E-state index is 0. The van der Waals surface area contributed by atoms with E-state index in [0.29, 0.717) is 4.47 Å². The molecule has 2 N–H and O–H groups in total. The first-order valence-electron chi connectivity index (χ1n) is 3.05. The normalized spacial score (nSPS) is 10.6. The SMILES string of the molecule is Cl.Nc1cc(Br)cnc1OC(F)(F)F. The number of nitrogen functional groups attached to an aromatic ring is 1. The maximum absolute atomic E-state index is 11.7. The number of alkyl halides is 3. The van der Waals surface area contributed by atoms with Gasteiger partial charge in [-0.05, 0) is 22.0 Å². The largest absolute Gasteiger partial charge is 0.574 e. The fourth-order valence-corrected chi connectivity index (χ4v) is 0.986. The summed E-state index contributed by atoms with van der Waals surface area (Å²) < 4.78 is 39.1. The number of ether oxygens (including phenoxy) is 1. The van der Waals surface area contributed by atoms with Crippen molar-refractivity contribution in [2.75, 3.05) is 5.73 Å². The molecule has 0 fully saturated rings. The van der Waals surface area contributed by atoms with E-state index in [4.69, 9.17) is 5.73 Å². The van der Waals surface area contributed by atoms with Crippen molar-refractivity contribution >= 4 is 34.0 Å². The topological polar surface area (TPSA) is 48.1 Å². The van der Waals surface area contributed by atoms with Gasteiger partial charge in [0.05, 0.1) is 5.69 Å². The number of nitrogens with zero attached hydrogens (tertiary/aromatic N) is 1. The van der Waals surface area contributed by atoms with Crippen LogP contribution in [0.1, 0.15) is 0 Å². The molecule has 8 heteroatoms. The van der Waals surface area contributed by atoms with E-state index in [1.165, 1.54) is 6.07 Å². The summed E-state index contributed by atoms with van der Waals surface area (Å²) in [6.45, 7) is 0. The summed E-state index contributed by atoms with van der Waals surface area (Å²) in [5.74, 6) is -0.643. The number of halogens is 5. The molecule has 0 amide bonds. The quantitative estimate of drug-likeness (QED) is 0.866. The third kappa shape index (κ3) is 4.01. The zero-order valence-electron chi connectivity index (χ0n) is 6.51. The summed E-state index contributed by atoms with van der Waals surface area (Å²) in [6, 6.07) is 1.27. The monoisotopic (exact) mass is 292 g/mol. The van der Waals surface area contributed by atoms with Gasteiger partial charge >= 0.3 is 6.36 Å². The first-order chi connectivity index (χ1) is 5.88. The highest BCUT2D eigenvalue weighted by atomic mass is 79.9. The Hall–Kier alpha value is -0.690. The molecule has 0 aromatic carbocycles. The van der Waals surface area contributed by atoms with Crippen molar-refractivity contribution in [3.8, 4) is 5.88 Å². The highest BCUT2D eigenvalue weighted by Crippen LogP contribution is 2.27. The average molecular weight is 293 g/mol. The van der Waals surface area contributed by atoms with Crippen LogP contribution in [-0.4, -0.2) is 11.3 Å². The second-order valence-corrected chi connectivity index (χ2v) is 3.01. The minimum Gasteiger partial charge on any atom is -0.394 e. The van der Waals surface area contributed by atoms with E-state index in [-0.39, 0.29) is 18.1 Å². The minimum atomic E-state index is -4.77. The van der Waals surface area contributed by atoms with Gasteiger partial charge in [-0.1, -0.05) is 0 Å². The molecule has 1 aromatic heterocycles. The van der Waals surface area contributed by atoms with Crippen molar-refractivity contribution in [1.29, 1.82) is 0 Å². The lowest BCUT2D eigenvalue weighted by molar-refractivity contribution is -0.275. The molecule has 0 aliphatic rings. The lowest BCUT2D eigenvalue weighted by Gasteiger charge is -2.09. The van der Waals surface area contributed by atoms with Gasteiger partial charge in [-0.25, -0.2) is 4.98 Å². The molecule has 0 aliphatic heterocycles. The summed E-state index contributed by atoms with van der Waals surface area (Å²) >= 11 is 3.00. The summed E-state index contributed by atoms with van der Waals surface area (Å²) in [6.07, 6.45) is -3.60. The van der Waals surface area contributed by atoms with Crippen molar-refractivity contribution in [2.24, 2.45) is 0 Å². The number of aromatic nitrogens is 1. The van der Waals surface area contributed by atoms with Gasteiger partial charge in [-0.3, -0.25) is 0 Å². The molecule has 0 saturated heterocycles. The van der Waals surface area contributed by atoms with Crippen molar-refractivity contribution < 1.29 is 17.9 Å². The Morgan fingerprint density at radius 3 is 2.43 bits per heavy atom. The lowest BCUT2D eigenvalue weighted by Crippen LogP contribution is -2.18. The molecule has 1 aromatic rings. The van der Waals surface area contributed by atoms with E-state index in [9.17, 15) is 13.2 Å². The molecule has 0 spiro atoms. The molecule has 14 heavy (non-hydrogen) atoms. The second-order valence-electron chi connectivity index (χ2n) is 2.10. The Morgan fingerprint density at radius 2 is 2.00 bits per heavy atom. The molecule has 0 radical (unpaired) electrons. The molecule has 0 bridgehead atoms. The Morgan fingerprint density at radius 1 is 1.43 bits per heavy atom. The maximum atomic E-state index is 11.7. The summed E-state index contributed by atoms with van der Waals surface area (Å²) in [5.41, 5.74) is 5.04. The zero-order chi connectivity index (χ0) is 10.1. The number of hydrogen-bond acceptors (Lipinski definition) is 3. The van der Waals surface area contributed by atoms with Gasteiger partial charge in [0.2, 0.25) is 5.88 Å². The first kappa shape index (κ1) is 13.3. The molecule has 3 nitrogen and oxygen atoms in total. The summed E-state index contributed by atoms with van der Waals surface area (Å²) in [4.78, 5) is 3.35. The maximum Gasteiger partial charge on any atom is 0.574 e. The molecular weight excluding hydrogens is 288 g/mol. The molecule has 0 saturated carbocycles. The van der Waals surface area contributed by atoms with Gasteiger partial charge < -0.3 is 10.5 Å². The van der Waals surface area contributed by atoms with Crippen LogP contribution in [0.2, 0.25) is 0 Å². The van der Waals surface area contributed by atoms with Crippen molar-refractivity contribution in [1.82, 2.24) is 4.98 Å². The van der Waals surface area contributed by atoms with Crippen LogP contribution in [0.25, 0.3) is 0 Å². The highest BCUT2D eigenvalue weighted by Gasteiger charge is 2.32. The number of rotatable bonds is 1. The van der Waals surface area contributed by atoms with Crippen molar-refractivity contribution in [2.45, 2.75) is 6.36 Å². The standard InChI is InChI=1S/C6H4BrF3N2O.ClH/c7-3-1-4(11)5(12-2-3)13-6(8,9)10;/h1-2H,11H2;1H. The Kier molecular flexibility index (Phi) is 4.47. The van der Waals surface area contributed by atoms with Crippen molar-refractivity contribution in [3.05, 3.63) is 16.7 Å². The van der Waals surface area contributed by atoms with E-state index in [2.05, 4.69) is 25.7 Å². The lowest BCUT2D eigenvalue weighted by atomic mass is 10.4. The van der Waals surface area contributed by atoms with Crippen LogP contribution in [0, 0.1) is 0 Å². The first-order valence-corrected chi connectivity index (χ1v) is 3.84. The molecule has 80 valence electrons. The molecule has 1 rings (SSSR count). The van der Waals surface area contributed by atoms with E-state index in [1.807, 2.05) is 0 Å². The third-order valence-electron chi connectivity index (χ3n) is 1.06. The Bertz CT molecular complexity index is 320. The van der Waals surface area contributed by atoms with Gasteiger partial charge in [0.1, 0.15) is 0 Å². The van der Waals surface area contributed by atoms with E-state index in [1.54, 1.807) is 0 Å². The fraction of sp³-hybridized carbons (Fsp3) is 0.167. The van der Waals surface area contributed by atoms with Gasteiger partial charge in [0.25, 0.3) is 0 Å². The van der Waals surface area contributed by atoms with Crippen molar-refractivity contribution in [3.63, 3.8) is 0 Å². The molecule has 0 aliphatic carbocycles. The van der Waals surface area contributed by atoms with Crippen LogP contribution in [0.15, 0.2) is 16.7 Å². The van der Waals surface area contributed by atoms with E-state index in [0.717, 1.165) is 6.20 Å². The molecular formula is C6H5BrClF3N2O. The Labute approximate surface area is 92.0 Å². The second kappa shape index (κ2) is 4.70. The van der Waals surface area contributed by atoms with Gasteiger partial charge in [0, 0.05) is 10.7 Å². The van der Waals surface area contributed by atoms with Crippen LogP contribution >= 0.6 is 28.3 Å². The Balaban J connectivity index is 0.00000169. The number of anilines is 1. The van der Waals surface area contributed by atoms with E-state index >= 15 is 0 Å². The average Bonchev–Trinajstić information content (AvgIpc) is 1.93. The van der Waals surface area contributed by atoms with Crippen LogP contribution in [-0.2, 0) is 0 Å². The van der Waals surface area contributed by atoms with Crippen LogP contribution in [0.3, 0.4) is 0 Å². The van der Waals surface area contributed by atoms with Gasteiger partial charge in [0.15, 0.2) is 0 Å². The van der Waals surface area contributed by atoms with E-state index < -0.39 is 12.2 Å². The van der Waals surface area contributed by atoms with Gasteiger partial charge in [-0.15, -0.1) is 25.6 Å². The summed E-state index contributed by atoms with van der Waals surface area (Å²) in [5, 5.41) is 0. The molecule has 0 unspecified atom stereocenters. The predicted octanol–water partition coefficient (Wildman–Crippen LogP) is 2.75. The highest BCUT2D eigenvalue weighted by molar-refractivity contribution is 9.10. The summed E-state index contributed by atoms with van der Waals surface area (Å²) in [7, 11) is 0. The number of nitrogens with two attached hydrogens (primary N) is 1. The third-order valence-corrected chi connectivity index (χ3v) is 1.49. The predicted molar refractivity (Wildman–Crippen MR) is 50.3 cm³/mol. The molecule has 1 heterocycles. The smallest absolute Gasteiger partial charge is 0.394 e. The fourth-order valence-electron chi connectivity index (χ4n) is 0.637. The zero-order valence-corrected chi connectivity index (χ0v) is 8.91. The van der Waals surface area contributed by atoms with Gasteiger partial charge in [-0.2, -0.15) is 0 Å². The van der Waals surface area contributed by atoms with Crippen LogP contribution < -0.4 is 10.5 Å². The van der Waals surface area contributed by atoms with Crippen LogP contribution in [0.5, 0.6) is 5.88 Å². The van der Waals surface area contributed by atoms with Crippen LogP contribution in [0.4, 0.5) is 18.9 Å². The molecule has 0 atom stereocenters. The number of pyridine rings is 1. The number of hydrogen-bond donors (Lipinski definition) is 1.